The Morgan fingerprint density at radius 2 is 1.59 bits per heavy atom. The van der Waals surface area contributed by atoms with E-state index in [-0.39, 0.29) is 11.3 Å². The van der Waals surface area contributed by atoms with E-state index in [0.29, 0.717) is 22.2 Å². The van der Waals surface area contributed by atoms with Crippen LogP contribution in [0.15, 0.2) is 12.1 Å². The maximum atomic E-state index is 12.8. The number of amides is 1. The number of methoxy groups -OCH3 is 2. The number of carbonyl (C=O) groups is 1. The van der Waals surface area contributed by atoms with Gasteiger partial charge in [0, 0.05) is 16.5 Å². The molecule has 2 aromatic rings. The molecule has 4 bridgehead atoms. The summed E-state index contributed by atoms with van der Waals surface area (Å²) in [5.41, 5.74) is 1.55. The molecule has 0 atom stereocenters. The minimum Gasteiger partial charge on any atom is -0.496 e. The number of hydrogen-bond acceptors (Lipinski definition) is 6. The van der Waals surface area contributed by atoms with Crippen molar-refractivity contribution in [1.82, 2.24) is 10.2 Å². The van der Waals surface area contributed by atoms with Gasteiger partial charge in [0.2, 0.25) is 5.13 Å². The maximum Gasteiger partial charge on any atom is 0.257 e. The van der Waals surface area contributed by atoms with Crippen molar-refractivity contribution in [2.24, 2.45) is 17.8 Å². The molecule has 1 N–H and O–H groups in total. The monoisotopic (exact) mass is 413 g/mol. The van der Waals surface area contributed by atoms with E-state index in [4.69, 9.17) is 9.47 Å². The minimum absolute atomic E-state index is 0.200. The number of ether oxygens (including phenoxy) is 2. The lowest BCUT2D eigenvalue weighted by Gasteiger charge is -2.55. The summed E-state index contributed by atoms with van der Waals surface area (Å²) in [5.74, 6) is 3.60. The average Bonchev–Trinajstić information content (AvgIpc) is 3.16. The molecule has 154 valence electrons. The minimum atomic E-state index is -0.227. The highest BCUT2D eigenvalue weighted by Gasteiger charge is 2.53. The molecule has 1 aromatic heterocycles. The third-order valence-corrected chi connectivity index (χ3v) is 8.24. The first-order valence-corrected chi connectivity index (χ1v) is 11.2. The molecule has 1 aromatic carbocycles. The second-order valence-electron chi connectivity index (χ2n) is 9.07. The van der Waals surface area contributed by atoms with Crippen molar-refractivity contribution in [3.05, 3.63) is 28.3 Å². The summed E-state index contributed by atoms with van der Waals surface area (Å²) in [6, 6.07) is 3.46. The van der Waals surface area contributed by atoms with Gasteiger partial charge in [-0.1, -0.05) is 11.3 Å². The van der Waals surface area contributed by atoms with Gasteiger partial charge in [-0.25, -0.2) is 0 Å². The fourth-order valence-electron chi connectivity index (χ4n) is 6.25. The SMILES string of the molecule is COc1cc(C(=O)Nc2nnc(C34CC5CC(CC(C5)C3)C4)s2)cc(OC)c1C. The van der Waals surface area contributed by atoms with Crippen LogP contribution in [0, 0.1) is 24.7 Å². The molecule has 6 rings (SSSR count). The molecule has 0 radical (unpaired) electrons. The first-order valence-electron chi connectivity index (χ1n) is 10.4. The Hall–Kier alpha value is -2.15. The van der Waals surface area contributed by atoms with Crippen molar-refractivity contribution in [3.63, 3.8) is 0 Å². The number of rotatable bonds is 5. The molecule has 4 fully saturated rings. The van der Waals surface area contributed by atoms with Crippen LogP contribution in [0.25, 0.3) is 0 Å². The Morgan fingerprint density at radius 3 is 2.10 bits per heavy atom. The number of anilines is 1. The van der Waals surface area contributed by atoms with Crippen LogP contribution in [0.2, 0.25) is 0 Å². The lowest BCUT2D eigenvalue weighted by Crippen LogP contribution is -2.48. The second-order valence-corrected chi connectivity index (χ2v) is 10.0. The summed E-state index contributed by atoms with van der Waals surface area (Å²) >= 11 is 1.55. The van der Waals surface area contributed by atoms with Gasteiger partial charge in [-0.3, -0.25) is 10.1 Å². The predicted molar refractivity (Wildman–Crippen MR) is 112 cm³/mol. The number of nitrogens with one attached hydrogen (secondary N) is 1. The van der Waals surface area contributed by atoms with Crippen molar-refractivity contribution in [2.45, 2.75) is 50.9 Å². The third-order valence-electron chi connectivity index (χ3n) is 7.15. The van der Waals surface area contributed by atoms with Crippen molar-refractivity contribution >= 4 is 22.4 Å². The van der Waals surface area contributed by atoms with Crippen molar-refractivity contribution in [3.8, 4) is 11.5 Å². The number of benzene rings is 1. The van der Waals surface area contributed by atoms with Gasteiger partial charge in [0.05, 0.1) is 14.2 Å². The first-order chi connectivity index (χ1) is 14.0. The van der Waals surface area contributed by atoms with Crippen LogP contribution in [0.1, 0.15) is 59.5 Å². The number of aromatic nitrogens is 2. The molecule has 1 amide bonds. The molecular weight excluding hydrogens is 386 g/mol. The van der Waals surface area contributed by atoms with Crippen LogP contribution < -0.4 is 14.8 Å². The summed E-state index contributed by atoms with van der Waals surface area (Å²) in [6.07, 6.45) is 7.94. The number of nitrogens with zero attached hydrogens (tertiary/aromatic N) is 2. The summed E-state index contributed by atoms with van der Waals surface area (Å²) < 4.78 is 10.8. The van der Waals surface area contributed by atoms with Crippen molar-refractivity contribution in [1.29, 1.82) is 0 Å². The maximum absolute atomic E-state index is 12.8. The van der Waals surface area contributed by atoms with Crippen LogP contribution in [0.5, 0.6) is 11.5 Å². The molecule has 0 aliphatic heterocycles. The van der Waals surface area contributed by atoms with Gasteiger partial charge in [-0.15, -0.1) is 10.2 Å². The number of carbonyl (C=O) groups excluding carboxylic acids is 1. The Kier molecular flexibility index (Phi) is 4.53. The van der Waals surface area contributed by atoms with Crippen LogP contribution in [0.3, 0.4) is 0 Å². The normalized spacial score (nSPS) is 29.7. The van der Waals surface area contributed by atoms with Gasteiger partial charge in [-0.05, 0) is 75.3 Å². The molecule has 0 unspecified atom stereocenters. The Bertz CT molecular complexity index is 894. The quantitative estimate of drug-likeness (QED) is 0.776. The van der Waals surface area contributed by atoms with Gasteiger partial charge >= 0.3 is 0 Å². The largest absolute Gasteiger partial charge is 0.496 e. The van der Waals surface area contributed by atoms with Gasteiger partial charge in [0.25, 0.3) is 5.91 Å². The highest BCUT2D eigenvalue weighted by atomic mass is 32.1. The van der Waals surface area contributed by atoms with Gasteiger partial charge < -0.3 is 9.47 Å². The Labute approximate surface area is 175 Å². The van der Waals surface area contributed by atoms with E-state index in [1.165, 1.54) is 38.5 Å². The van der Waals surface area contributed by atoms with E-state index in [1.54, 1.807) is 37.7 Å². The van der Waals surface area contributed by atoms with E-state index in [9.17, 15) is 4.79 Å². The van der Waals surface area contributed by atoms with Crippen LogP contribution in [-0.2, 0) is 5.41 Å². The zero-order chi connectivity index (χ0) is 20.2. The zero-order valence-electron chi connectivity index (χ0n) is 17.2. The van der Waals surface area contributed by atoms with Crippen molar-refractivity contribution < 1.29 is 14.3 Å². The smallest absolute Gasteiger partial charge is 0.257 e. The summed E-state index contributed by atoms with van der Waals surface area (Å²) in [5, 5.41) is 13.5. The molecule has 4 aliphatic carbocycles. The average molecular weight is 414 g/mol. The molecular formula is C22H27N3O3S. The van der Waals surface area contributed by atoms with Gasteiger partial charge in [-0.2, -0.15) is 0 Å². The first kappa shape index (κ1) is 18.9. The van der Waals surface area contributed by atoms with Crippen molar-refractivity contribution in [2.75, 3.05) is 19.5 Å². The fraction of sp³-hybridized carbons (Fsp3) is 0.591. The lowest BCUT2D eigenvalue weighted by molar-refractivity contribution is -0.00555. The van der Waals surface area contributed by atoms with E-state index < -0.39 is 0 Å². The van der Waals surface area contributed by atoms with Crippen LogP contribution >= 0.6 is 11.3 Å². The molecule has 1 heterocycles. The topological polar surface area (TPSA) is 73.3 Å². The zero-order valence-corrected chi connectivity index (χ0v) is 18.0. The van der Waals surface area contributed by atoms with Crippen LogP contribution in [0.4, 0.5) is 5.13 Å². The lowest BCUT2D eigenvalue weighted by atomic mass is 9.50. The number of hydrogen-bond donors (Lipinski definition) is 1. The molecule has 6 nitrogen and oxygen atoms in total. The Morgan fingerprint density at radius 1 is 1.03 bits per heavy atom. The molecule has 29 heavy (non-hydrogen) atoms. The Balaban J connectivity index is 1.36. The van der Waals surface area contributed by atoms with E-state index >= 15 is 0 Å². The molecule has 7 heteroatoms. The predicted octanol–water partition coefficient (Wildman–Crippen LogP) is 4.58. The molecule has 0 saturated heterocycles. The van der Waals surface area contributed by atoms with E-state index in [2.05, 4.69) is 15.5 Å². The van der Waals surface area contributed by atoms with Gasteiger partial charge in [0.15, 0.2) is 0 Å². The van der Waals surface area contributed by atoms with E-state index in [0.717, 1.165) is 28.3 Å². The summed E-state index contributed by atoms with van der Waals surface area (Å²) in [4.78, 5) is 12.8. The van der Waals surface area contributed by atoms with Gasteiger partial charge in [0.1, 0.15) is 16.5 Å². The molecule has 4 aliphatic rings. The highest BCUT2D eigenvalue weighted by molar-refractivity contribution is 7.15. The molecule has 4 saturated carbocycles. The summed E-state index contributed by atoms with van der Waals surface area (Å²) in [6.45, 7) is 1.90. The second kappa shape index (κ2) is 6.97. The summed E-state index contributed by atoms with van der Waals surface area (Å²) in [7, 11) is 3.18. The third kappa shape index (κ3) is 3.19. The molecule has 0 spiro atoms. The van der Waals surface area contributed by atoms with E-state index in [1.807, 2.05) is 6.92 Å². The van der Waals surface area contributed by atoms with Crippen LogP contribution in [-0.4, -0.2) is 30.3 Å². The highest BCUT2D eigenvalue weighted by Crippen LogP contribution is 2.61. The standard InChI is InChI=1S/C22H27N3O3S/c1-12-17(27-2)7-16(8-18(12)28-3)19(26)23-21-25-24-20(29-21)22-9-13-4-14(10-22)6-15(5-13)11-22/h7-8,13-15H,4-6,9-11H2,1-3H3,(H,23,25,26). The fourth-order valence-corrected chi connectivity index (χ4v) is 7.20.